The summed E-state index contributed by atoms with van der Waals surface area (Å²) in [5.41, 5.74) is 11.0. The summed E-state index contributed by atoms with van der Waals surface area (Å²) in [6, 6.07) is 20.5. The molecule has 8 heteroatoms. The molecule has 0 radical (unpaired) electrons. The predicted molar refractivity (Wildman–Crippen MR) is 186 cm³/mol. The molecule has 0 aromatic heterocycles. The van der Waals surface area contributed by atoms with Gasteiger partial charge in [0, 0.05) is 36.7 Å². The zero-order valence-corrected chi connectivity index (χ0v) is 28.4. The van der Waals surface area contributed by atoms with Gasteiger partial charge in [0.25, 0.3) is 5.92 Å². The van der Waals surface area contributed by atoms with Gasteiger partial charge in [-0.05, 0) is 97.5 Å². The Bertz CT molecular complexity index is 1460. The van der Waals surface area contributed by atoms with Crippen molar-refractivity contribution in [3.05, 3.63) is 89.0 Å². The number of anilines is 2. The van der Waals surface area contributed by atoms with Gasteiger partial charge in [0.05, 0.1) is 13.7 Å². The number of carbonyl (C=O) groups excluding carboxylic acids is 2. The molecule has 0 aliphatic carbocycles. The van der Waals surface area contributed by atoms with E-state index in [1.807, 2.05) is 56.3 Å². The van der Waals surface area contributed by atoms with Gasteiger partial charge in [-0.3, -0.25) is 14.6 Å². The van der Waals surface area contributed by atoms with Gasteiger partial charge < -0.3 is 10.5 Å². The fraction of sp³-hybridized carbons (Fsp3) is 0.487. The fourth-order valence-corrected chi connectivity index (χ4v) is 6.79. The van der Waals surface area contributed by atoms with Crippen LogP contribution in [0.5, 0.6) is 5.75 Å². The molecular weight excluding hydrogens is 596 g/mol. The van der Waals surface area contributed by atoms with Gasteiger partial charge in [-0.2, -0.15) is 0 Å². The lowest BCUT2D eigenvalue weighted by Crippen LogP contribution is -2.52. The third-order valence-electron chi connectivity index (χ3n) is 9.50. The molecule has 1 saturated heterocycles. The van der Waals surface area contributed by atoms with Crippen molar-refractivity contribution in [2.45, 2.75) is 103 Å². The van der Waals surface area contributed by atoms with Crippen molar-refractivity contribution in [2.75, 3.05) is 24.3 Å². The summed E-state index contributed by atoms with van der Waals surface area (Å²) < 4.78 is 36.6. The van der Waals surface area contributed by atoms with Gasteiger partial charge in [-0.15, -0.1) is 0 Å². The van der Waals surface area contributed by atoms with E-state index in [9.17, 15) is 9.59 Å². The number of aryl methyl sites for hydroxylation is 2. The highest BCUT2D eigenvalue weighted by atomic mass is 19.3. The Labute approximate surface area is 279 Å². The minimum atomic E-state index is -2.77. The largest absolute Gasteiger partial charge is 0.497 e. The SMILES string of the molecule is CCCC(CCCC(CCC)C(F)(F)CCc1ccc(N2CCC(=O)N(Cc3ccc(OC)cc3)C2=O)c(C)c1)c1ccc(N)cc1. The van der Waals surface area contributed by atoms with Crippen molar-refractivity contribution in [1.29, 1.82) is 0 Å². The quantitative estimate of drug-likeness (QED) is 0.148. The second-order valence-electron chi connectivity index (χ2n) is 13.0. The van der Waals surface area contributed by atoms with Crippen LogP contribution in [-0.4, -0.2) is 36.4 Å². The smallest absolute Gasteiger partial charge is 0.331 e. The molecule has 2 atom stereocenters. The number of imide groups is 1. The van der Waals surface area contributed by atoms with Crippen LogP contribution in [0.1, 0.15) is 99.8 Å². The molecule has 254 valence electrons. The Balaban J connectivity index is 1.36. The lowest BCUT2D eigenvalue weighted by molar-refractivity contribution is -0.129. The number of nitrogens with two attached hydrogens (primary N) is 1. The maximum absolute atomic E-state index is 15.7. The summed E-state index contributed by atoms with van der Waals surface area (Å²) in [5.74, 6) is -2.58. The van der Waals surface area contributed by atoms with E-state index in [4.69, 9.17) is 10.5 Å². The average molecular weight is 648 g/mol. The number of nitrogen functional groups attached to an aromatic ring is 1. The predicted octanol–water partition coefficient (Wildman–Crippen LogP) is 9.68. The van der Waals surface area contributed by atoms with Crippen molar-refractivity contribution in [3.8, 4) is 5.75 Å². The number of alkyl halides is 2. The number of amides is 3. The van der Waals surface area contributed by atoms with Gasteiger partial charge >= 0.3 is 6.03 Å². The number of benzene rings is 3. The highest BCUT2D eigenvalue weighted by molar-refractivity contribution is 6.05. The lowest BCUT2D eigenvalue weighted by atomic mass is 9.84. The van der Waals surface area contributed by atoms with Crippen molar-refractivity contribution >= 4 is 23.3 Å². The van der Waals surface area contributed by atoms with E-state index < -0.39 is 11.8 Å². The monoisotopic (exact) mass is 647 g/mol. The first-order valence-electron chi connectivity index (χ1n) is 17.1. The Morgan fingerprint density at radius 2 is 1.57 bits per heavy atom. The molecule has 47 heavy (non-hydrogen) atoms. The summed E-state index contributed by atoms with van der Waals surface area (Å²) >= 11 is 0. The number of ether oxygens (including phenoxy) is 1. The molecule has 1 aliphatic rings. The molecule has 1 fully saturated rings. The highest BCUT2D eigenvalue weighted by Gasteiger charge is 2.38. The summed E-state index contributed by atoms with van der Waals surface area (Å²) in [4.78, 5) is 29.1. The molecule has 3 aromatic rings. The maximum Gasteiger partial charge on any atom is 0.331 e. The zero-order chi connectivity index (χ0) is 34.0. The molecule has 0 saturated carbocycles. The molecule has 3 amide bonds. The normalized spacial score (nSPS) is 15.2. The molecule has 1 aliphatic heterocycles. The van der Waals surface area contributed by atoms with Crippen molar-refractivity contribution < 1.29 is 23.1 Å². The Kier molecular flexibility index (Phi) is 12.8. The maximum atomic E-state index is 15.7. The van der Waals surface area contributed by atoms with E-state index in [-0.39, 0.29) is 44.3 Å². The van der Waals surface area contributed by atoms with Gasteiger partial charge in [0.1, 0.15) is 5.75 Å². The topological polar surface area (TPSA) is 75.9 Å². The standard InChI is InChI=1S/C39H51F2N3O3/c1-5-8-31(32-15-17-34(42)18-16-32)10-7-11-33(9-6-2)39(40,41)24-22-29-14-21-36(28(3)26-29)43-25-23-37(45)44(38(43)46)27-30-12-19-35(47-4)20-13-30/h12-21,26,31,33H,5-11,22-25,27,42H2,1-4H3. The Morgan fingerprint density at radius 1 is 0.894 bits per heavy atom. The average Bonchev–Trinajstić information content (AvgIpc) is 3.06. The van der Waals surface area contributed by atoms with Crippen LogP contribution < -0.4 is 15.4 Å². The first-order chi connectivity index (χ1) is 22.6. The summed E-state index contributed by atoms with van der Waals surface area (Å²) in [6.45, 7) is 6.49. The summed E-state index contributed by atoms with van der Waals surface area (Å²) in [6.07, 6.45) is 5.76. The van der Waals surface area contributed by atoms with Crippen LogP contribution in [0.4, 0.5) is 25.0 Å². The number of urea groups is 1. The van der Waals surface area contributed by atoms with E-state index in [1.165, 1.54) is 10.5 Å². The van der Waals surface area contributed by atoms with Gasteiger partial charge in [0.2, 0.25) is 5.91 Å². The molecule has 6 nitrogen and oxygen atoms in total. The third-order valence-corrected chi connectivity index (χ3v) is 9.50. The lowest BCUT2D eigenvalue weighted by Gasteiger charge is -2.35. The van der Waals surface area contributed by atoms with Crippen molar-refractivity contribution in [1.82, 2.24) is 4.90 Å². The van der Waals surface area contributed by atoms with E-state index in [0.717, 1.165) is 54.5 Å². The third kappa shape index (κ3) is 9.55. The minimum absolute atomic E-state index is 0.171. The Hall–Kier alpha value is -3.94. The van der Waals surface area contributed by atoms with Crippen LogP contribution >= 0.6 is 0 Å². The number of hydrogen-bond donors (Lipinski definition) is 1. The van der Waals surface area contributed by atoms with Crippen molar-refractivity contribution in [3.63, 3.8) is 0 Å². The van der Waals surface area contributed by atoms with Crippen LogP contribution in [0.3, 0.4) is 0 Å². The number of rotatable bonds is 17. The second-order valence-corrected chi connectivity index (χ2v) is 13.0. The van der Waals surface area contributed by atoms with E-state index in [0.29, 0.717) is 30.2 Å². The van der Waals surface area contributed by atoms with E-state index >= 15 is 8.78 Å². The minimum Gasteiger partial charge on any atom is -0.497 e. The molecular formula is C39H51F2N3O3. The van der Waals surface area contributed by atoms with E-state index in [2.05, 4.69) is 19.1 Å². The van der Waals surface area contributed by atoms with Crippen LogP contribution in [0.15, 0.2) is 66.7 Å². The van der Waals surface area contributed by atoms with Gasteiger partial charge in [-0.1, -0.05) is 69.5 Å². The Morgan fingerprint density at radius 3 is 2.21 bits per heavy atom. The number of hydrogen-bond acceptors (Lipinski definition) is 4. The summed E-state index contributed by atoms with van der Waals surface area (Å²) in [5, 5.41) is 0. The van der Waals surface area contributed by atoms with Crippen LogP contribution in [0.25, 0.3) is 0 Å². The molecule has 2 unspecified atom stereocenters. The van der Waals surface area contributed by atoms with Crippen LogP contribution in [0, 0.1) is 12.8 Å². The highest BCUT2D eigenvalue weighted by Crippen LogP contribution is 2.38. The molecule has 0 spiro atoms. The number of nitrogens with zero attached hydrogens (tertiary/aromatic N) is 2. The number of methoxy groups -OCH3 is 1. The molecule has 1 heterocycles. The fourth-order valence-electron chi connectivity index (χ4n) is 6.79. The molecule has 2 N–H and O–H groups in total. The van der Waals surface area contributed by atoms with E-state index in [1.54, 1.807) is 24.1 Å². The number of carbonyl (C=O) groups is 2. The molecule has 0 bridgehead atoms. The zero-order valence-electron chi connectivity index (χ0n) is 28.4. The second kappa shape index (κ2) is 16.8. The molecule has 3 aromatic carbocycles. The number of halogens is 2. The molecule has 4 rings (SSSR count). The summed E-state index contributed by atoms with van der Waals surface area (Å²) in [7, 11) is 1.59. The first-order valence-corrected chi connectivity index (χ1v) is 17.1. The van der Waals surface area contributed by atoms with Crippen LogP contribution in [0.2, 0.25) is 0 Å². The first kappa shape index (κ1) is 35.9. The van der Waals surface area contributed by atoms with Crippen molar-refractivity contribution in [2.24, 2.45) is 5.92 Å². The van der Waals surface area contributed by atoms with Gasteiger partial charge in [0.15, 0.2) is 0 Å². The van der Waals surface area contributed by atoms with Gasteiger partial charge in [-0.25, -0.2) is 13.6 Å². The van der Waals surface area contributed by atoms with Crippen LogP contribution in [-0.2, 0) is 17.8 Å².